The maximum Gasteiger partial charge on any atom is 0.307 e. The lowest BCUT2D eigenvalue weighted by Gasteiger charge is -2.24. The number of aryl methyl sites for hydroxylation is 1. The van der Waals surface area contributed by atoms with Gasteiger partial charge in [0.25, 0.3) is 5.91 Å². The van der Waals surface area contributed by atoms with E-state index < -0.39 is 17.8 Å². The minimum atomic E-state index is -0.916. The summed E-state index contributed by atoms with van der Waals surface area (Å²) in [6, 6.07) is 5.21. The fraction of sp³-hybridized carbons (Fsp3) is 0.476. The fourth-order valence-corrected chi connectivity index (χ4v) is 4.09. The number of amides is 2. The van der Waals surface area contributed by atoms with Crippen LogP contribution in [0.1, 0.15) is 42.6 Å². The van der Waals surface area contributed by atoms with Gasteiger partial charge in [0, 0.05) is 17.3 Å². The molecule has 3 rings (SSSR count). The van der Waals surface area contributed by atoms with Gasteiger partial charge < -0.3 is 15.7 Å². The molecule has 1 aromatic rings. The average Bonchev–Trinajstić information content (AvgIpc) is 3.24. The Morgan fingerprint density at radius 2 is 1.85 bits per heavy atom. The van der Waals surface area contributed by atoms with Crippen LogP contribution in [0.15, 0.2) is 30.4 Å². The molecule has 5 atom stereocenters. The lowest BCUT2D eigenvalue weighted by molar-refractivity contribution is -0.146. The number of carboxylic acids is 1. The Balaban J connectivity index is 1.72. The molecule has 6 nitrogen and oxygen atoms in total. The zero-order valence-electron chi connectivity index (χ0n) is 15.9. The molecule has 144 valence electrons. The first kappa shape index (κ1) is 19.1. The van der Waals surface area contributed by atoms with Crippen molar-refractivity contribution in [3.63, 3.8) is 0 Å². The van der Waals surface area contributed by atoms with E-state index in [9.17, 15) is 19.5 Å². The first-order valence-corrected chi connectivity index (χ1v) is 9.45. The predicted molar refractivity (Wildman–Crippen MR) is 102 cm³/mol. The number of fused-ring (bicyclic) bond motifs is 2. The molecule has 0 aliphatic heterocycles. The molecule has 2 amide bonds. The van der Waals surface area contributed by atoms with Crippen LogP contribution in [0.2, 0.25) is 0 Å². The van der Waals surface area contributed by atoms with Crippen molar-refractivity contribution in [2.75, 3.05) is 5.32 Å². The maximum atomic E-state index is 12.8. The topological polar surface area (TPSA) is 95.5 Å². The number of carbonyl (C=O) groups excluding carboxylic acids is 2. The van der Waals surface area contributed by atoms with Crippen molar-refractivity contribution >= 4 is 23.5 Å². The number of allylic oxidation sites excluding steroid dienone is 2. The van der Waals surface area contributed by atoms with Gasteiger partial charge in [-0.1, -0.05) is 19.1 Å². The number of nitrogens with one attached hydrogen (secondary N) is 2. The van der Waals surface area contributed by atoms with Crippen molar-refractivity contribution in [1.82, 2.24) is 5.32 Å². The van der Waals surface area contributed by atoms with E-state index in [0.717, 1.165) is 18.4 Å². The quantitative estimate of drug-likeness (QED) is 0.671. The normalized spacial score (nSPS) is 26.6. The van der Waals surface area contributed by atoms with Crippen LogP contribution >= 0.6 is 0 Å². The van der Waals surface area contributed by atoms with Crippen LogP contribution in [-0.4, -0.2) is 28.9 Å². The molecule has 2 bridgehead atoms. The van der Waals surface area contributed by atoms with Crippen LogP contribution in [0, 0.1) is 30.6 Å². The summed E-state index contributed by atoms with van der Waals surface area (Å²) in [6.45, 7) is 5.77. The van der Waals surface area contributed by atoms with E-state index in [1.165, 1.54) is 0 Å². The van der Waals surface area contributed by atoms with E-state index in [1.807, 2.05) is 32.9 Å². The number of hydrogen-bond donors (Lipinski definition) is 3. The number of hydrogen-bond acceptors (Lipinski definition) is 3. The van der Waals surface area contributed by atoms with E-state index >= 15 is 0 Å². The molecule has 0 aromatic heterocycles. The number of carbonyl (C=O) groups is 3. The molecular weight excluding hydrogens is 344 g/mol. The molecule has 27 heavy (non-hydrogen) atoms. The van der Waals surface area contributed by atoms with Gasteiger partial charge in [-0.15, -0.1) is 0 Å². The molecule has 0 spiro atoms. The third kappa shape index (κ3) is 3.75. The maximum absolute atomic E-state index is 12.8. The van der Waals surface area contributed by atoms with Gasteiger partial charge in [0.1, 0.15) is 0 Å². The largest absolute Gasteiger partial charge is 0.481 e. The lowest BCUT2D eigenvalue weighted by atomic mass is 9.82. The van der Waals surface area contributed by atoms with Gasteiger partial charge in [-0.05, 0) is 62.3 Å². The molecule has 2 aliphatic carbocycles. The van der Waals surface area contributed by atoms with Crippen LogP contribution in [0.25, 0.3) is 0 Å². The fourth-order valence-electron chi connectivity index (χ4n) is 4.09. The van der Waals surface area contributed by atoms with Crippen molar-refractivity contribution in [3.8, 4) is 0 Å². The minimum absolute atomic E-state index is 0.0167. The lowest BCUT2D eigenvalue weighted by Crippen LogP contribution is -2.36. The monoisotopic (exact) mass is 370 g/mol. The number of benzene rings is 1. The second-order valence-electron chi connectivity index (χ2n) is 7.64. The van der Waals surface area contributed by atoms with Gasteiger partial charge in [-0.25, -0.2) is 0 Å². The van der Waals surface area contributed by atoms with Crippen molar-refractivity contribution < 1.29 is 19.5 Å². The molecule has 1 aromatic carbocycles. The molecule has 5 unspecified atom stereocenters. The summed E-state index contributed by atoms with van der Waals surface area (Å²) < 4.78 is 0. The Morgan fingerprint density at radius 1 is 1.19 bits per heavy atom. The second kappa shape index (κ2) is 7.55. The second-order valence-corrected chi connectivity index (χ2v) is 7.64. The third-order valence-corrected chi connectivity index (χ3v) is 5.78. The zero-order chi connectivity index (χ0) is 19.7. The summed E-state index contributed by atoms with van der Waals surface area (Å²) >= 11 is 0. The van der Waals surface area contributed by atoms with Crippen molar-refractivity contribution in [2.24, 2.45) is 23.7 Å². The van der Waals surface area contributed by atoms with Crippen LogP contribution < -0.4 is 10.6 Å². The summed E-state index contributed by atoms with van der Waals surface area (Å²) in [4.78, 5) is 36.6. The Kier molecular flexibility index (Phi) is 5.35. The Morgan fingerprint density at radius 3 is 2.44 bits per heavy atom. The smallest absolute Gasteiger partial charge is 0.307 e. The van der Waals surface area contributed by atoms with Gasteiger partial charge >= 0.3 is 5.97 Å². The Bertz CT molecular complexity index is 801. The molecule has 2 aliphatic rings. The van der Waals surface area contributed by atoms with E-state index in [1.54, 1.807) is 18.2 Å². The standard InChI is InChI=1S/C21H26N2O4/c1-4-12(3)22-19(24)15-7-8-16(11(2)9-15)23-20(25)17-13-5-6-14(10-13)18(17)21(26)27/h5-9,12-14,17-18H,4,10H2,1-3H3,(H,22,24)(H,23,25)(H,26,27). The van der Waals surface area contributed by atoms with Crippen LogP contribution in [0.4, 0.5) is 5.69 Å². The molecule has 6 heteroatoms. The Labute approximate surface area is 159 Å². The molecule has 0 heterocycles. The minimum Gasteiger partial charge on any atom is -0.481 e. The number of carboxylic acid groups (broad SMARTS) is 1. The molecule has 0 radical (unpaired) electrons. The SMILES string of the molecule is CCC(C)NC(=O)c1ccc(NC(=O)C2C3C=CC(C3)C2C(=O)O)c(C)c1. The number of anilines is 1. The van der Waals surface area contributed by atoms with Crippen molar-refractivity contribution in [2.45, 2.75) is 39.7 Å². The molecule has 1 fully saturated rings. The van der Waals surface area contributed by atoms with E-state index in [2.05, 4.69) is 10.6 Å². The highest BCUT2D eigenvalue weighted by Crippen LogP contribution is 2.48. The third-order valence-electron chi connectivity index (χ3n) is 5.78. The summed E-state index contributed by atoms with van der Waals surface area (Å²) in [5.41, 5.74) is 1.92. The number of aliphatic carboxylic acids is 1. The van der Waals surface area contributed by atoms with Crippen molar-refractivity contribution in [3.05, 3.63) is 41.5 Å². The van der Waals surface area contributed by atoms with Crippen molar-refractivity contribution in [1.29, 1.82) is 0 Å². The predicted octanol–water partition coefficient (Wildman–Crippen LogP) is 2.98. The van der Waals surface area contributed by atoms with E-state index in [-0.39, 0.29) is 29.7 Å². The van der Waals surface area contributed by atoms with Gasteiger partial charge in [0.2, 0.25) is 5.91 Å². The first-order chi connectivity index (χ1) is 12.8. The summed E-state index contributed by atoms with van der Waals surface area (Å²) in [5, 5.41) is 15.3. The van der Waals surface area contributed by atoms with Gasteiger partial charge in [0.15, 0.2) is 0 Å². The highest BCUT2D eigenvalue weighted by Gasteiger charge is 2.51. The van der Waals surface area contributed by atoms with Gasteiger partial charge in [-0.2, -0.15) is 0 Å². The highest BCUT2D eigenvalue weighted by atomic mass is 16.4. The molecule has 0 saturated heterocycles. The summed E-state index contributed by atoms with van der Waals surface area (Å²) in [5.74, 6) is -2.62. The number of rotatable bonds is 6. The van der Waals surface area contributed by atoms with Crippen LogP contribution in [-0.2, 0) is 9.59 Å². The molecular formula is C21H26N2O4. The van der Waals surface area contributed by atoms with Crippen LogP contribution in [0.5, 0.6) is 0 Å². The van der Waals surface area contributed by atoms with Gasteiger partial charge in [0.05, 0.1) is 11.8 Å². The average molecular weight is 370 g/mol. The first-order valence-electron chi connectivity index (χ1n) is 9.45. The summed E-state index contributed by atoms with van der Waals surface area (Å²) in [7, 11) is 0. The summed E-state index contributed by atoms with van der Waals surface area (Å²) in [6.07, 6.45) is 5.46. The van der Waals surface area contributed by atoms with E-state index in [4.69, 9.17) is 0 Å². The zero-order valence-corrected chi connectivity index (χ0v) is 15.9. The van der Waals surface area contributed by atoms with E-state index in [0.29, 0.717) is 11.3 Å². The molecule has 3 N–H and O–H groups in total. The molecule has 1 saturated carbocycles. The van der Waals surface area contributed by atoms with Gasteiger partial charge in [-0.3, -0.25) is 14.4 Å². The Hall–Kier alpha value is -2.63. The highest BCUT2D eigenvalue weighted by molar-refractivity contribution is 5.98. The van der Waals surface area contributed by atoms with Crippen LogP contribution in [0.3, 0.4) is 0 Å².